The summed E-state index contributed by atoms with van der Waals surface area (Å²) in [5, 5.41) is 20.1. The number of rotatable bonds is 10. The van der Waals surface area contributed by atoms with Crippen molar-refractivity contribution in [1.29, 1.82) is 0 Å². The lowest BCUT2D eigenvalue weighted by molar-refractivity contribution is 0.0505. The number of nitrogens with zero attached hydrogens (tertiary/aromatic N) is 2. The second-order valence-corrected chi connectivity index (χ2v) is 10.1. The van der Waals surface area contributed by atoms with Gasteiger partial charge in [0.2, 0.25) is 0 Å². The Labute approximate surface area is 229 Å². The van der Waals surface area contributed by atoms with Crippen molar-refractivity contribution in [1.82, 2.24) is 9.88 Å². The Morgan fingerprint density at radius 1 is 1.08 bits per heavy atom. The molecule has 0 aliphatic carbocycles. The number of aromatic nitrogens is 1. The lowest BCUT2D eigenvalue weighted by atomic mass is 10.0. The summed E-state index contributed by atoms with van der Waals surface area (Å²) < 4.78 is 5.22. The molecule has 3 aromatic carbocycles. The molecule has 1 aliphatic heterocycles. The second-order valence-electron chi connectivity index (χ2n) is 10.1. The van der Waals surface area contributed by atoms with Gasteiger partial charge in [0.15, 0.2) is 6.23 Å². The van der Waals surface area contributed by atoms with Crippen molar-refractivity contribution in [2.24, 2.45) is 0 Å². The van der Waals surface area contributed by atoms with E-state index in [2.05, 4.69) is 56.9 Å². The minimum absolute atomic E-state index is 0.374. The van der Waals surface area contributed by atoms with E-state index < -0.39 is 6.23 Å². The molecule has 202 valence electrons. The van der Waals surface area contributed by atoms with Crippen LogP contribution < -0.4 is 10.6 Å². The van der Waals surface area contributed by atoms with Crippen LogP contribution in [0.4, 0.5) is 11.4 Å². The van der Waals surface area contributed by atoms with E-state index in [0.29, 0.717) is 23.8 Å². The number of carbonyl (C=O) groups is 1. The lowest BCUT2D eigenvalue weighted by Gasteiger charge is -2.33. The maximum atomic E-state index is 12.2. The molecule has 0 saturated carbocycles. The molecule has 1 unspecified atom stereocenters. The second kappa shape index (κ2) is 12.7. The topological polar surface area (TPSA) is 86.7 Å². The van der Waals surface area contributed by atoms with Crippen LogP contribution in [0.15, 0.2) is 85.2 Å². The third-order valence-corrected chi connectivity index (χ3v) is 7.14. The van der Waals surface area contributed by atoms with E-state index in [0.717, 1.165) is 50.0 Å². The van der Waals surface area contributed by atoms with E-state index in [-0.39, 0.29) is 5.97 Å². The molecule has 1 aromatic heterocycles. The average molecular weight is 525 g/mol. The number of likely N-dealkylation sites (tertiary alicyclic amines) is 1. The highest BCUT2D eigenvalue weighted by atomic mass is 16.5. The van der Waals surface area contributed by atoms with Gasteiger partial charge >= 0.3 is 5.97 Å². The van der Waals surface area contributed by atoms with Gasteiger partial charge in [0.05, 0.1) is 12.2 Å². The number of aliphatic hydroxyl groups is 1. The first-order valence-electron chi connectivity index (χ1n) is 13.7. The van der Waals surface area contributed by atoms with Crippen LogP contribution in [0.3, 0.4) is 0 Å². The van der Waals surface area contributed by atoms with Crippen molar-refractivity contribution < 1.29 is 14.6 Å². The summed E-state index contributed by atoms with van der Waals surface area (Å²) >= 11 is 0. The molecule has 1 fully saturated rings. The zero-order valence-electron chi connectivity index (χ0n) is 22.3. The highest BCUT2D eigenvalue weighted by Gasteiger charge is 2.20. The Bertz CT molecular complexity index is 1400. The monoisotopic (exact) mass is 524 g/mol. The number of hydrogen-bond acceptors (Lipinski definition) is 7. The lowest BCUT2D eigenvalue weighted by Crippen LogP contribution is -2.38. The van der Waals surface area contributed by atoms with Crippen molar-refractivity contribution in [2.45, 2.75) is 45.0 Å². The van der Waals surface area contributed by atoms with E-state index in [4.69, 9.17) is 4.74 Å². The van der Waals surface area contributed by atoms with E-state index >= 15 is 0 Å². The number of pyridine rings is 1. The zero-order chi connectivity index (χ0) is 27.0. The molecule has 0 amide bonds. The molecule has 4 aromatic rings. The maximum absolute atomic E-state index is 12.2. The molecule has 3 N–H and O–H groups in total. The number of fused-ring (bicyclic) bond motifs is 1. The first kappa shape index (κ1) is 26.7. The van der Waals surface area contributed by atoms with Gasteiger partial charge in [-0.25, -0.2) is 4.79 Å². The Hall–Kier alpha value is -3.94. The summed E-state index contributed by atoms with van der Waals surface area (Å²) in [4.78, 5) is 18.9. The molecule has 1 saturated heterocycles. The predicted molar refractivity (Wildman–Crippen MR) is 156 cm³/mol. The summed E-state index contributed by atoms with van der Waals surface area (Å²) in [6.45, 7) is 5.23. The number of nitrogens with one attached hydrogen (secondary N) is 2. The largest absolute Gasteiger partial charge is 0.462 e. The third-order valence-electron chi connectivity index (χ3n) is 7.14. The van der Waals surface area contributed by atoms with Gasteiger partial charge in [-0.05, 0) is 61.2 Å². The Kier molecular flexibility index (Phi) is 8.71. The first-order chi connectivity index (χ1) is 19.1. The Morgan fingerprint density at radius 2 is 1.90 bits per heavy atom. The van der Waals surface area contributed by atoms with Gasteiger partial charge in [-0.1, -0.05) is 43.3 Å². The number of ether oxygens (including phenoxy) is 1. The summed E-state index contributed by atoms with van der Waals surface area (Å²) in [5.74, 6) is -0.374. The molecular weight excluding hydrogens is 488 g/mol. The quantitative estimate of drug-likeness (QED) is 0.174. The van der Waals surface area contributed by atoms with Gasteiger partial charge in [-0.3, -0.25) is 9.88 Å². The van der Waals surface area contributed by atoms with Crippen LogP contribution in [0.5, 0.6) is 0 Å². The Morgan fingerprint density at radius 3 is 2.74 bits per heavy atom. The van der Waals surface area contributed by atoms with Crippen LogP contribution in [-0.2, 0) is 11.3 Å². The van der Waals surface area contributed by atoms with Gasteiger partial charge < -0.3 is 20.5 Å². The molecule has 1 aliphatic rings. The number of benzene rings is 3. The maximum Gasteiger partial charge on any atom is 0.338 e. The number of anilines is 2. The van der Waals surface area contributed by atoms with E-state index in [9.17, 15) is 9.90 Å². The number of piperidine rings is 1. The fourth-order valence-corrected chi connectivity index (χ4v) is 5.08. The Balaban J connectivity index is 1.14. The summed E-state index contributed by atoms with van der Waals surface area (Å²) in [5.41, 5.74) is 4.25. The van der Waals surface area contributed by atoms with Gasteiger partial charge in [-0.2, -0.15) is 0 Å². The number of aliphatic hydroxyl groups excluding tert-OH is 1. The summed E-state index contributed by atoms with van der Waals surface area (Å²) in [6, 6.07) is 23.9. The molecule has 7 nitrogen and oxygen atoms in total. The van der Waals surface area contributed by atoms with E-state index in [1.807, 2.05) is 31.5 Å². The van der Waals surface area contributed by atoms with Crippen molar-refractivity contribution in [3.63, 3.8) is 0 Å². The first-order valence-corrected chi connectivity index (χ1v) is 13.7. The van der Waals surface area contributed by atoms with Gasteiger partial charge in [0.25, 0.3) is 0 Å². The average Bonchev–Trinajstić information content (AvgIpc) is 2.97. The van der Waals surface area contributed by atoms with Crippen LogP contribution in [0, 0.1) is 0 Å². The number of carbonyl (C=O) groups excluding carboxylic acids is 1. The van der Waals surface area contributed by atoms with Crippen molar-refractivity contribution in [2.75, 3.05) is 30.3 Å². The molecular formula is C32H36N4O3. The molecule has 0 bridgehead atoms. The van der Waals surface area contributed by atoms with Crippen LogP contribution >= 0.6 is 0 Å². The molecule has 0 spiro atoms. The van der Waals surface area contributed by atoms with E-state index in [1.54, 1.807) is 24.3 Å². The highest BCUT2D eigenvalue weighted by molar-refractivity contribution is 5.93. The molecule has 39 heavy (non-hydrogen) atoms. The van der Waals surface area contributed by atoms with Gasteiger partial charge in [-0.15, -0.1) is 0 Å². The minimum Gasteiger partial charge on any atom is -0.462 e. The third kappa shape index (κ3) is 6.93. The molecule has 2 heterocycles. The molecule has 1 atom stereocenters. The van der Waals surface area contributed by atoms with E-state index in [1.165, 1.54) is 16.6 Å². The van der Waals surface area contributed by atoms with Crippen molar-refractivity contribution >= 4 is 28.1 Å². The van der Waals surface area contributed by atoms with Gasteiger partial charge in [0.1, 0.15) is 0 Å². The van der Waals surface area contributed by atoms with Gasteiger partial charge in [0, 0.05) is 65.8 Å². The normalized spacial score (nSPS) is 15.1. The van der Waals surface area contributed by atoms with Crippen molar-refractivity contribution in [3.8, 4) is 0 Å². The van der Waals surface area contributed by atoms with Crippen LogP contribution in [0.2, 0.25) is 0 Å². The summed E-state index contributed by atoms with van der Waals surface area (Å²) in [6.07, 6.45) is 5.74. The minimum atomic E-state index is -0.939. The fourth-order valence-electron chi connectivity index (χ4n) is 5.08. The van der Waals surface area contributed by atoms with Crippen LogP contribution in [0.25, 0.3) is 10.8 Å². The standard InChI is InChI=1S/C32H36N4O3/c1-2-18-39-32(38)25-8-4-7-24(20-25)31(37)35-28-10-3-6-23(19-28)22-36-16-13-27(14-17-36)34-30-11-5-9-26-21-33-15-12-29(26)30/h3-12,15,19-21,27,31,34-35,37H,2,13-14,16-18,22H2,1H3. The zero-order valence-corrected chi connectivity index (χ0v) is 22.3. The van der Waals surface area contributed by atoms with Crippen LogP contribution in [-0.4, -0.2) is 46.7 Å². The number of esters is 1. The molecule has 7 heteroatoms. The molecule has 0 radical (unpaired) electrons. The fraction of sp³-hybridized carbons (Fsp3) is 0.312. The molecule has 5 rings (SSSR count). The smallest absolute Gasteiger partial charge is 0.338 e. The van der Waals surface area contributed by atoms with Crippen LogP contribution in [0.1, 0.15) is 53.9 Å². The SMILES string of the molecule is CCCOC(=O)c1cccc(C(O)Nc2cccc(CN3CCC(Nc4cccc5cnccc45)CC3)c2)c1. The highest BCUT2D eigenvalue weighted by Crippen LogP contribution is 2.26. The van der Waals surface area contributed by atoms with Crippen molar-refractivity contribution in [3.05, 3.63) is 102 Å². The predicted octanol–water partition coefficient (Wildman–Crippen LogP) is 5.98. The number of hydrogen-bond donors (Lipinski definition) is 3. The summed E-state index contributed by atoms with van der Waals surface area (Å²) in [7, 11) is 0.